The molecule has 0 aromatic heterocycles. The Labute approximate surface area is 98.8 Å². The lowest BCUT2D eigenvalue weighted by Crippen LogP contribution is -2.56. The Morgan fingerprint density at radius 1 is 1.44 bits per heavy atom. The minimum atomic E-state index is -0.328. The second-order valence-corrected chi connectivity index (χ2v) is 5.38. The first-order valence-corrected chi connectivity index (χ1v) is 6.16. The molecule has 1 fully saturated rings. The SMILES string of the molecule is CC(C)C[C@H](N)C(=O)N1CCN(C)CC1C. The molecule has 0 aromatic carbocycles. The molecule has 16 heavy (non-hydrogen) atoms. The fraction of sp³-hybridized carbons (Fsp3) is 0.917. The number of rotatable bonds is 3. The zero-order valence-electron chi connectivity index (χ0n) is 10.9. The third kappa shape index (κ3) is 3.46. The van der Waals surface area contributed by atoms with Crippen molar-refractivity contribution in [3.8, 4) is 0 Å². The van der Waals surface area contributed by atoms with Gasteiger partial charge in [-0.2, -0.15) is 0 Å². The van der Waals surface area contributed by atoms with Crippen molar-refractivity contribution in [3.05, 3.63) is 0 Å². The quantitative estimate of drug-likeness (QED) is 0.765. The average molecular weight is 227 g/mol. The number of nitrogens with two attached hydrogens (primary N) is 1. The van der Waals surface area contributed by atoms with Gasteiger partial charge in [0.05, 0.1) is 6.04 Å². The highest BCUT2D eigenvalue weighted by Crippen LogP contribution is 2.12. The third-order valence-corrected chi connectivity index (χ3v) is 3.16. The van der Waals surface area contributed by atoms with E-state index in [4.69, 9.17) is 5.73 Å². The number of carbonyl (C=O) groups is 1. The summed E-state index contributed by atoms with van der Waals surface area (Å²) in [6.07, 6.45) is 0.776. The highest BCUT2D eigenvalue weighted by atomic mass is 16.2. The van der Waals surface area contributed by atoms with E-state index < -0.39 is 0 Å². The molecule has 1 heterocycles. The molecule has 4 heteroatoms. The first-order valence-electron chi connectivity index (χ1n) is 6.16. The van der Waals surface area contributed by atoms with Crippen molar-refractivity contribution in [2.45, 2.75) is 39.3 Å². The van der Waals surface area contributed by atoms with Crippen LogP contribution < -0.4 is 5.73 Å². The number of carbonyl (C=O) groups excluding carboxylic acids is 1. The molecule has 94 valence electrons. The van der Waals surface area contributed by atoms with Crippen LogP contribution in [-0.2, 0) is 4.79 Å². The maximum Gasteiger partial charge on any atom is 0.239 e. The van der Waals surface area contributed by atoms with Gasteiger partial charge in [0.2, 0.25) is 5.91 Å². The van der Waals surface area contributed by atoms with Crippen molar-refractivity contribution >= 4 is 5.91 Å². The zero-order valence-corrected chi connectivity index (χ0v) is 10.9. The Morgan fingerprint density at radius 2 is 2.06 bits per heavy atom. The minimum absolute atomic E-state index is 0.120. The summed E-state index contributed by atoms with van der Waals surface area (Å²) in [7, 11) is 2.09. The lowest BCUT2D eigenvalue weighted by Gasteiger charge is -2.39. The van der Waals surface area contributed by atoms with E-state index in [9.17, 15) is 4.79 Å². The second kappa shape index (κ2) is 5.64. The van der Waals surface area contributed by atoms with E-state index in [1.54, 1.807) is 0 Å². The van der Waals surface area contributed by atoms with Crippen molar-refractivity contribution in [2.75, 3.05) is 26.7 Å². The summed E-state index contributed by atoms with van der Waals surface area (Å²) < 4.78 is 0. The fourth-order valence-electron chi connectivity index (χ4n) is 2.29. The van der Waals surface area contributed by atoms with Gasteiger partial charge in [-0.1, -0.05) is 13.8 Å². The first-order chi connectivity index (χ1) is 7.41. The molecule has 0 saturated carbocycles. The van der Waals surface area contributed by atoms with E-state index in [-0.39, 0.29) is 18.0 Å². The summed E-state index contributed by atoms with van der Waals surface area (Å²) >= 11 is 0. The second-order valence-electron chi connectivity index (χ2n) is 5.38. The summed E-state index contributed by atoms with van der Waals surface area (Å²) in [6, 6.07) is -0.0460. The summed E-state index contributed by atoms with van der Waals surface area (Å²) in [4.78, 5) is 16.3. The molecule has 1 unspecified atom stereocenters. The van der Waals surface area contributed by atoms with Crippen LogP contribution in [0.1, 0.15) is 27.2 Å². The molecule has 0 radical (unpaired) electrons. The van der Waals surface area contributed by atoms with E-state index in [0.717, 1.165) is 26.1 Å². The Morgan fingerprint density at radius 3 is 2.56 bits per heavy atom. The van der Waals surface area contributed by atoms with E-state index in [1.807, 2.05) is 4.90 Å². The van der Waals surface area contributed by atoms with Crippen LogP contribution in [0.5, 0.6) is 0 Å². The van der Waals surface area contributed by atoms with Crippen molar-refractivity contribution in [1.82, 2.24) is 9.80 Å². The van der Waals surface area contributed by atoms with Crippen LogP contribution in [0.3, 0.4) is 0 Å². The van der Waals surface area contributed by atoms with Gasteiger partial charge in [-0.25, -0.2) is 0 Å². The normalized spacial score (nSPS) is 24.9. The number of amides is 1. The van der Waals surface area contributed by atoms with E-state index in [0.29, 0.717) is 5.92 Å². The minimum Gasteiger partial charge on any atom is -0.336 e. The number of piperazine rings is 1. The standard InChI is InChI=1S/C12H25N3O/c1-9(2)7-11(13)12(16)15-6-5-14(4)8-10(15)3/h9-11H,5-8,13H2,1-4H3/t10?,11-/m0/s1. The number of hydrogen-bond donors (Lipinski definition) is 1. The van der Waals surface area contributed by atoms with Gasteiger partial charge in [-0.15, -0.1) is 0 Å². The largest absolute Gasteiger partial charge is 0.336 e. The predicted molar refractivity (Wildman–Crippen MR) is 66.1 cm³/mol. The van der Waals surface area contributed by atoms with Gasteiger partial charge in [-0.05, 0) is 26.3 Å². The Balaban J connectivity index is 2.53. The summed E-state index contributed by atoms with van der Waals surface area (Å²) in [5, 5.41) is 0. The Kier molecular flexibility index (Phi) is 4.74. The highest BCUT2D eigenvalue weighted by molar-refractivity contribution is 5.82. The molecule has 0 spiro atoms. The molecule has 2 N–H and O–H groups in total. The van der Waals surface area contributed by atoms with Gasteiger partial charge in [0.25, 0.3) is 0 Å². The van der Waals surface area contributed by atoms with Crippen LogP contribution in [-0.4, -0.2) is 54.5 Å². The molecular weight excluding hydrogens is 202 g/mol. The summed E-state index contributed by atoms with van der Waals surface area (Å²) in [5.74, 6) is 0.594. The van der Waals surface area contributed by atoms with Crippen molar-refractivity contribution in [2.24, 2.45) is 11.7 Å². The average Bonchev–Trinajstić information content (AvgIpc) is 2.15. The van der Waals surface area contributed by atoms with Crippen molar-refractivity contribution < 1.29 is 4.79 Å². The zero-order chi connectivity index (χ0) is 12.3. The lowest BCUT2D eigenvalue weighted by atomic mass is 10.0. The van der Waals surface area contributed by atoms with Crippen LogP contribution in [0.2, 0.25) is 0 Å². The molecule has 1 aliphatic heterocycles. The summed E-state index contributed by atoms with van der Waals surface area (Å²) in [5.41, 5.74) is 5.94. The predicted octanol–water partition coefficient (Wildman–Crippen LogP) is 0.522. The molecule has 4 nitrogen and oxygen atoms in total. The van der Waals surface area contributed by atoms with Gasteiger partial charge in [-0.3, -0.25) is 4.79 Å². The molecule has 2 atom stereocenters. The maximum absolute atomic E-state index is 12.1. The third-order valence-electron chi connectivity index (χ3n) is 3.16. The van der Waals surface area contributed by atoms with Crippen LogP contribution in [0.4, 0.5) is 0 Å². The van der Waals surface area contributed by atoms with E-state index in [2.05, 4.69) is 32.7 Å². The van der Waals surface area contributed by atoms with Crippen molar-refractivity contribution in [3.63, 3.8) is 0 Å². The van der Waals surface area contributed by atoms with Crippen LogP contribution in [0.25, 0.3) is 0 Å². The lowest BCUT2D eigenvalue weighted by molar-refractivity contribution is -0.137. The topological polar surface area (TPSA) is 49.6 Å². The molecule has 0 bridgehead atoms. The smallest absolute Gasteiger partial charge is 0.239 e. The van der Waals surface area contributed by atoms with Crippen molar-refractivity contribution in [1.29, 1.82) is 0 Å². The fourth-order valence-corrected chi connectivity index (χ4v) is 2.29. The number of likely N-dealkylation sites (N-methyl/N-ethyl adjacent to an activating group) is 1. The van der Waals surface area contributed by atoms with Gasteiger partial charge in [0.1, 0.15) is 0 Å². The molecule has 1 rings (SSSR count). The summed E-state index contributed by atoms with van der Waals surface area (Å²) in [6.45, 7) is 8.99. The molecule has 1 amide bonds. The molecule has 0 aliphatic carbocycles. The van der Waals surface area contributed by atoms with E-state index in [1.165, 1.54) is 0 Å². The van der Waals surface area contributed by atoms with Gasteiger partial charge in [0.15, 0.2) is 0 Å². The first kappa shape index (κ1) is 13.5. The van der Waals surface area contributed by atoms with Gasteiger partial charge in [0, 0.05) is 25.7 Å². The van der Waals surface area contributed by atoms with Crippen LogP contribution >= 0.6 is 0 Å². The molecule has 1 aliphatic rings. The van der Waals surface area contributed by atoms with Crippen LogP contribution in [0.15, 0.2) is 0 Å². The van der Waals surface area contributed by atoms with Gasteiger partial charge >= 0.3 is 0 Å². The van der Waals surface area contributed by atoms with Gasteiger partial charge < -0.3 is 15.5 Å². The monoisotopic (exact) mass is 227 g/mol. The molecule has 1 saturated heterocycles. The highest BCUT2D eigenvalue weighted by Gasteiger charge is 2.29. The Hall–Kier alpha value is -0.610. The molecular formula is C12H25N3O. The number of nitrogens with zero attached hydrogens (tertiary/aromatic N) is 2. The molecule has 0 aromatic rings. The van der Waals surface area contributed by atoms with E-state index >= 15 is 0 Å². The van der Waals surface area contributed by atoms with Crippen LogP contribution in [0, 0.1) is 5.92 Å². The number of hydrogen-bond acceptors (Lipinski definition) is 3. The Bertz CT molecular complexity index is 242. The maximum atomic E-state index is 12.1.